The molecule has 0 aromatic heterocycles. The summed E-state index contributed by atoms with van der Waals surface area (Å²) in [6.45, 7) is 5.84. The number of carbonyl (C=O) groups excluding carboxylic acids is 1. The fraction of sp³-hybridized carbons (Fsp3) is 0.500. The Labute approximate surface area is 102 Å². The maximum absolute atomic E-state index is 11.8. The minimum Gasteiger partial charge on any atom is -0.481 e. The Balaban J connectivity index is 1.99. The molecule has 17 heavy (non-hydrogen) atoms. The van der Waals surface area contributed by atoms with E-state index in [1.165, 1.54) is 5.56 Å². The van der Waals surface area contributed by atoms with E-state index in [1.807, 2.05) is 32.0 Å². The fourth-order valence-electron chi connectivity index (χ4n) is 1.64. The molecule has 0 saturated heterocycles. The second-order valence-electron chi connectivity index (χ2n) is 4.74. The van der Waals surface area contributed by atoms with Gasteiger partial charge in [-0.2, -0.15) is 0 Å². The van der Waals surface area contributed by atoms with Crippen LogP contribution in [-0.4, -0.2) is 18.1 Å². The Morgan fingerprint density at radius 2 is 2.12 bits per heavy atom. The summed E-state index contributed by atoms with van der Waals surface area (Å²) in [5.41, 5.74) is 2.27. The summed E-state index contributed by atoms with van der Waals surface area (Å²) in [4.78, 5) is 11.8. The van der Waals surface area contributed by atoms with Crippen molar-refractivity contribution in [2.75, 3.05) is 0 Å². The van der Waals surface area contributed by atoms with E-state index in [0.29, 0.717) is 6.04 Å². The summed E-state index contributed by atoms with van der Waals surface area (Å²) in [5.74, 6) is 0.775. The van der Waals surface area contributed by atoms with Crippen LogP contribution in [0.25, 0.3) is 0 Å². The van der Waals surface area contributed by atoms with Gasteiger partial charge in [-0.1, -0.05) is 12.1 Å². The summed E-state index contributed by atoms with van der Waals surface area (Å²) in [6.07, 6.45) is 1.76. The molecule has 1 saturated carbocycles. The van der Waals surface area contributed by atoms with E-state index in [1.54, 1.807) is 6.92 Å². The maximum atomic E-state index is 11.8. The highest BCUT2D eigenvalue weighted by Gasteiger charge is 2.26. The highest BCUT2D eigenvalue weighted by atomic mass is 16.5. The second kappa shape index (κ2) is 4.78. The largest absolute Gasteiger partial charge is 0.481 e. The van der Waals surface area contributed by atoms with Gasteiger partial charge in [0.2, 0.25) is 0 Å². The number of carbonyl (C=O) groups is 1. The van der Waals surface area contributed by atoms with E-state index >= 15 is 0 Å². The van der Waals surface area contributed by atoms with Gasteiger partial charge in [-0.25, -0.2) is 0 Å². The van der Waals surface area contributed by atoms with Gasteiger partial charge >= 0.3 is 0 Å². The predicted molar refractivity (Wildman–Crippen MR) is 67.2 cm³/mol. The predicted octanol–water partition coefficient (Wildman–Crippen LogP) is 2.35. The molecule has 1 N–H and O–H groups in total. The summed E-state index contributed by atoms with van der Waals surface area (Å²) in [6, 6.07) is 6.27. The first-order valence-electron chi connectivity index (χ1n) is 6.11. The first-order chi connectivity index (χ1) is 8.08. The molecule has 0 radical (unpaired) electrons. The molecule has 0 aliphatic heterocycles. The Morgan fingerprint density at radius 1 is 1.41 bits per heavy atom. The van der Waals surface area contributed by atoms with Gasteiger partial charge in [0, 0.05) is 6.04 Å². The van der Waals surface area contributed by atoms with Crippen molar-refractivity contribution >= 4 is 5.91 Å². The lowest BCUT2D eigenvalue weighted by Crippen LogP contribution is -2.37. The molecule has 3 nitrogen and oxygen atoms in total. The van der Waals surface area contributed by atoms with Crippen molar-refractivity contribution in [2.45, 2.75) is 45.8 Å². The zero-order valence-electron chi connectivity index (χ0n) is 10.6. The topological polar surface area (TPSA) is 38.3 Å². The van der Waals surface area contributed by atoms with Gasteiger partial charge in [-0.3, -0.25) is 4.79 Å². The summed E-state index contributed by atoms with van der Waals surface area (Å²) < 4.78 is 5.70. The van der Waals surface area contributed by atoms with E-state index in [9.17, 15) is 4.79 Å². The van der Waals surface area contributed by atoms with Crippen molar-refractivity contribution in [3.63, 3.8) is 0 Å². The van der Waals surface area contributed by atoms with Crippen LogP contribution in [0.4, 0.5) is 0 Å². The van der Waals surface area contributed by atoms with E-state index in [4.69, 9.17) is 4.74 Å². The van der Waals surface area contributed by atoms with Gasteiger partial charge in [-0.05, 0) is 50.8 Å². The van der Waals surface area contributed by atoms with Crippen molar-refractivity contribution in [2.24, 2.45) is 0 Å². The number of rotatable bonds is 4. The lowest BCUT2D eigenvalue weighted by Gasteiger charge is -2.16. The Bertz CT molecular complexity index is 424. The average Bonchev–Trinajstić information content (AvgIpc) is 3.08. The van der Waals surface area contributed by atoms with Crippen LogP contribution in [0.5, 0.6) is 5.75 Å². The van der Waals surface area contributed by atoms with Crippen LogP contribution in [0, 0.1) is 13.8 Å². The zero-order valence-corrected chi connectivity index (χ0v) is 10.6. The molecular weight excluding hydrogens is 214 g/mol. The van der Waals surface area contributed by atoms with Crippen LogP contribution >= 0.6 is 0 Å². The molecule has 3 heteroatoms. The first kappa shape index (κ1) is 12.0. The lowest BCUT2D eigenvalue weighted by atomic mass is 10.1. The first-order valence-corrected chi connectivity index (χ1v) is 6.11. The third-order valence-electron chi connectivity index (χ3n) is 3.15. The monoisotopic (exact) mass is 233 g/mol. The molecule has 0 heterocycles. The molecule has 1 aromatic rings. The van der Waals surface area contributed by atoms with Crippen molar-refractivity contribution in [3.05, 3.63) is 29.3 Å². The Morgan fingerprint density at radius 3 is 2.76 bits per heavy atom. The number of amides is 1. The number of benzene rings is 1. The molecule has 1 unspecified atom stereocenters. The van der Waals surface area contributed by atoms with Crippen LogP contribution in [0.1, 0.15) is 30.9 Å². The molecule has 1 aliphatic rings. The number of ether oxygens (including phenoxy) is 1. The summed E-state index contributed by atoms with van der Waals surface area (Å²) in [7, 11) is 0. The van der Waals surface area contributed by atoms with Crippen LogP contribution in [0.15, 0.2) is 18.2 Å². The lowest BCUT2D eigenvalue weighted by molar-refractivity contribution is -0.127. The number of nitrogens with one attached hydrogen (secondary N) is 1. The molecule has 2 rings (SSSR count). The van der Waals surface area contributed by atoms with Crippen LogP contribution in [0.3, 0.4) is 0 Å². The number of aryl methyl sites for hydroxylation is 1. The Hall–Kier alpha value is -1.51. The van der Waals surface area contributed by atoms with Gasteiger partial charge in [0.05, 0.1) is 0 Å². The van der Waals surface area contributed by atoms with Crippen LogP contribution in [-0.2, 0) is 4.79 Å². The van der Waals surface area contributed by atoms with E-state index in [-0.39, 0.29) is 5.91 Å². The standard InChI is InChI=1S/C14H19NO2/c1-9-5-4-6-13(10(9)2)17-11(3)14(16)15-12-7-8-12/h4-6,11-12H,7-8H2,1-3H3,(H,15,16). The average molecular weight is 233 g/mol. The normalized spacial score (nSPS) is 16.4. The molecule has 92 valence electrons. The van der Waals surface area contributed by atoms with Crippen LogP contribution < -0.4 is 10.1 Å². The third-order valence-corrected chi connectivity index (χ3v) is 3.15. The van der Waals surface area contributed by atoms with Crippen molar-refractivity contribution in [3.8, 4) is 5.75 Å². The van der Waals surface area contributed by atoms with Crippen molar-refractivity contribution in [1.29, 1.82) is 0 Å². The minimum absolute atomic E-state index is 0.0200. The second-order valence-corrected chi connectivity index (χ2v) is 4.74. The summed E-state index contributed by atoms with van der Waals surface area (Å²) in [5, 5.41) is 2.94. The smallest absolute Gasteiger partial charge is 0.260 e. The summed E-state index contributed by atoms with van der Waals surface area (Å²) >= 11 is 0. The minimum atomic E-state index is -0.434. The van der Waals surface area contributed by atoms with Crippen molar-refractivity contribution < 1.29 is 9.53 Å². The SMILES string of the molecule is Cc1cccc(OC(C)C(=O)NC2CC2)c1C. The molecule has 1 aromatic carbocycles. The zero-order chi connectivity index (χ0) is 12.4. The van der Waals surface area contributed by atoms with Gasteiger partial charge in [0.1, 0.15) is 5.75 Å². The van der Waals surface area contributed by atoms with Gasteiger partial charge < -0.3 is 10.1 Å². The van der Waals surface area contributed by atoms with Gasteiger partial charge in [0.25, 0.3) is 5.91 Å². The quantitative estimate of drug-likeness (QED) is 0.867. The van der Waals surface area contributed by atoms with Crippen LogP contribution in [0.2, 0.25) is 0 Å². The van der Waals surface area contributed by atoms with E-state index in [2.05, 4.69) is 5.32 Å². The molecule has 0 bridgehead atoms. The molecule has 1 aliphatic carbocycles. The van der Waals surface area contributed by atoms with Crippen molar-refractivity contribution in [1.82, 2.24) is 5.32 Å². The highest BCUT2D eigenvalue weighted by Crippen LogP contribution is 2.22. The Kier molecular flexibility index (Phi) is 3.36. The molecule has 1 atom stereocenters. The molecule has 1 fully saturated rings. The molecular formula is C14H19NO2. The van der Waals surface area contributed by atoms with Gasteiger partial charge in [-0.15, -0.1) is 0 Å². The van der Waals surface area contributed by atoms with E-state index < -0.39 is 6.10 Å². The number of hydrogen-bond acceptors (Lipinski definition) is 2. The third kappa shape index (κ3) is 2.99. The fourth-order valence-corrected chi connectivity index (χ4v) is 1.64. The molecule has 1 amide bonds. The van der Waals surface area contributed by atoms with E-state index in [0.717, 1.165) is 24.2 Å². The highest BCUT2D eigenvalue weighted by molar-refractivity contribution is 5.81. The maximum Gasteiger partial charge on any atom is 0.260 e. The molecule has 0 spiro atoms. The van der Waals surface area contributed by atoms with Gasteiger partial charge in [0.15, 0.2) is 6.10 Å². The number of hydrogen-bond donors (Lipinski definition) is 1.